The Balaban J connectivity index is 1.99. The highest BCUT2D eigenvalue weighted by Crippen LogP contribution is 2.27. The predicted molar refractivity (Wildman–Crippen MR) is 71.4 cm³/mol. The van der Waals surface area contributed by atoms with Gasteiger partial charge in [-0.15, -0.1) is 0 Å². The molecule has 1 aliphatic heterocycles. The van der Waals surface area contributed by atoms with E-state index in [1.165, 1.54) is 0 Å². The standard InChI is InChI=1S/C15H10F2N2O2/c16-11-5-9-10(6-12(11)17)15(21)19(14(9)20)7-8-3-1-2-4-13(8)18/h1-6H,7,18H2. The molecule has 0 aliphatic carbocycles. The van der Waals surface area contributed by atoms with Crippen molar-refractivity contribution in [2.45, 2.75) is 6.54 Å². The molecule has 2 amide bonds. The highest BCUT2D eigenvalue weighted by Gasteiger charge is 2.36. The monoisotopic (exact) mass is 288 g/mol. The second-order valence-electron chi connectivity index (χ2n) is 4.71. The van der Waals surface area contributed by atoms with Crippen LogP contribution in [0.1, 0.15) is 26.3 Å². The van der Waals surface area contributed by atoms with Gasteiger partial charge in [0.25, 0.3) is 11.8 Å². The second-order valence-corrected chi connectivity index (χ2v) is 4.71. The third-order valence-electron chi connectivity index (χ3n) is 3.40. The van der Waals surface area contributed by atoms with Crippen LogP contribution in [0, 0.1) is 11.6 Å². The first-order chi connectivity index (χ1) is 9.99. The molecule has 1 heterocycles. The van der Waals surface area contributed by atoms with Crippen molar-refractivity contribution in [1.82, 2.24) is 4.90 Å². The Morgan fingerprint density at radius 2 is 1.48 bits per heavy atom. The van der Waals surface area contributed by atoms with Crippen LogP contribution < -0.4 is 5.73 Å². The average molecular weight is 288 g/mol. The molecule has 0 radical (unpaired) electrons. The van der Waals surface area contributed by atoms with Gasteiger partial charge in [-0.3, -0.25) is 14.5 Å². The topological polar surface area (TPSA) is 63.4 Å². The van der Waals surface area contributed by atoms with Crippen LogP contribution in [0.4, 0.5) is 14.5 Å². The number of carbonyl (C=O) groups is 2. The van der Waals surface area contributed by atoms with E-state index in [9.17, 15) is 18.4 Å². The van der Waals surface area contributed by atoms with Crippen molar-refractivity contribution in [3.05, 3.63) is 64.7 Å². The first-order valence-electron chi connectivity index (χ1n) is 6.17. The number of carbonyl (C=O) groups excluding carboxylic acids is 2. The van der Waals surface area contributed by atoms with Gasteiger partial charge in [0, 0.05) is 5.69 Å². The molecular formula is C15H10F2N2O2. The number of hydrogen-bond donors (Lipinski definition) is 1. The summed E-state index contributed by atoms with van der Waals surface area (Å²) in [6.45, 7) is -0.0394. The Labute approximate surface area is 118 Å². The van der Waals surface area contributed by atoms with Crippen molar-refractivity contribution in [2.75, 3.05) is 5.73 Å². The number of imide groups is 1. The molecule has 0 spiro atoms. The molecule has 2 N–H and O–H groups in total. The Kier molecular flexibility index (Phi) is 2.94. The summed E-state index contributed by atoms with van der Waals surface area (Å²) < 4.78 is 26.4. The zero-order valence-electron chi connectivity index (χ0n) is 10.8. The number of amides is 2. The zero-order chi connectivity index (χ0) is 15.1. The van der Waals surface area contributed by atoms with Gasteiger partial charge in [-0.1, -0.05) is 18.2 Å². The van der Waals surface area contributed by atoms with Crippen LogP contribution in [0.25, 0.3) is 0 Å². The summed E-state index contributed by atoms with van der Waals surface area (Å²) in [5, 5.41) is 0. The smallest absolute Gasteiger partial charge is 0.261 e. The fourth-order valence-corrected chi connectivity index (χ4v) is 2.28. The van der Waals surface area contributed by atoms with E-state index in [1.807, 2.05) is 0 Å². The number of fused-ring (bicyclic) bond motifs is 1. The molecule has 6 heteroatoms. The molecule has 0 saturated carbocycles. The number of nitrogen functional groups attached to an aromatic ring is 1. The molecule has 0 unspecified atom stereocenters. The van der Waals surface area contributed by atoms with Gasteiger partial charge in [-0.05, 0) is 23.8 Å². The fraction of sp³-hybridized carbons (Fsp3) is 0.0667. The summed E-state index contributed by atoms with van der Waals surface area (Å²) in [5.74, 6) is -3.62. The molecule has 0 bridgehead atoms. The van der Waals surface area contributed by atoms with Crippen LogP contribution in [-0.2, 0) is 6.54 Å². The Morgan fingerprint density at radius 1 is 0.952 bits per heavy atom. The van der Waals surface area contributed by atoms with Gasteiger partial charge in [0.15, 0.2) is 11.6 Å². The maximum Gasteiger partial charge on any atom is 0.261 e. The minimum Gasteiger partial charge on any atom is -0.398 e. The van der Waals surface area contributed by atoms with Gasteiger partial charge in [-0.25, -0.2) is 8.78 Å². The third kappa shape index (κ3) is 2.05. The largest absolute Gasteiger partial charge is 0.398 e. The van der Waals surface area contributed by atoms with Gasteiger partial charge in [-0.2, -0.15) is 0 Å². The van der Waals surface area contributed by atoms with E-state index in [-0.39, 0.29) is 17.7 Å². The summed E-state index contributed by atoms with van der Waals surface area (Å²) in [6.07, 6.45) is 0. The summed E-state index contributed by atoms with van der Waals surface area (Å²) in [7, 11) is 0. The van der Waals surface area contributed by atoms with Crippen molar-refractivity contribution in [2.24, 2.45) is 0 Å². The maximum absolute atomic E-state index is 13.2. The molecule has 2 aromatic rings. The molecule has 0 atom stereocenters. The van der Waals surface area contributed by atoms with Crippen molar-refractivity contribution in [3.8, 4) is 0 Å². The number of anilines is 1. The lowest BCUT2D eigenvalue weighted by Gasteiger charge is -2.15. The van der Waals surface area contributed by atoms with Crippen LogP contribution in [0.5, 0.6) is 0 Å². The summed E-state index contributed by atoms with van der Waals surface area (Å²) >= 11 is 0. The van der Waals surface area contributed by atoms with E-state index in [2.05, 4.69) is 0 Å². The van der Waals surface area contributed by atoms with Crippen molar-refractivity contribution >= 4 is 17.5 Å². The minimum absolute atomic E-state index is 0.0394. The predicted octanol–water partition coefficient (Wildman–Crippen LogP) is 2.34. The van der Waals surface area contributed by atoms with E-state index in [0.717, 1.165) is 17.0 Å². The molecule has 106 valence electrons. The fourth-order valence-electron chi connectivity index (χ4n) is 2.28. The van der Waals surface area contributed by atoms with E-state index in [0.29, 0.717) is 11.3 Å². The van der Waals surface area contributed by atoms with Crippen LogP contribution in [0.15, 0.2) is 36.4 Å². The Morgan fingerprint density at radius 3 is 2.00 bits per heavy atom. The molecule has 0 aromatic heterocycles. The summed E-state index contributed by atoms with van der Waals surface area (Å²) in [5.41, 5.74) is 6.54. The lowest BCUT2D eigenvalue weighted by atomic mass is 10.1. The molecule has 1 aliphatic rings. The van der Waals surface area contributed by atoms with Crippen LogP contribution in [0.3, 0.4) is 0 Å². The number of halogens is 2. The van der Waals surface area contributed by atoms with E-state index in [1.54, 1.807) is 24.3 Å². The van der Waals surface area contributed by atoms with Crippen LogP contribution >= 0.6 is 0 Å². The van der Waals surface area contributed by atoms with Gasteiger partial charge in [0.05, 0.1) is 17.7 Å². The van der Waals surface area contributed by atoms with Crippen LogP contribution in [-0.4, -0.2) is 16.7 Å². The summed E-state index contributed by atoms with van der Waals surface area (Å²) in [4.78, 5) is 25.2. The number of hydrogen-bond acceptors (Lipinski definition) is 3. The normalized spacial score (nSPS) is 13.7. The molecule has 0 fully saturated rings. The van der Waals surface area contributed by atoms with E-state index in [4.69, 9.17) is 5.73 Å². The van der Waals surface area contributed by atoms with E-state index >= 15 is 0 Å². The molecular weight excluding hydrogens is 278 g/mol. The zero-order valence-corrected chi connectivity index (χ0v) is 10.8. The van der Waals surface area contributed by atoms with Crippen molar-refractivity contribution in [1.29, 1.82) is 0 Å². The summed E-state index contributed by atoms with van der Waals surface area (Å²) in [6, 6.07) is 8.28. The van der Waals surface area contributed by atoms with E-state index < -0.39 is 23.4 Å². The quantitative estimate of drug-likeness (QED) is 0.681. The number of para-hydroxylation sites is 1. The highest BCUT2D eigenvalue weighted by molar-refractivity contribution is 6.21. The second kappa shape index (κ2) is 4.66. The molecule has 0 saturated heterocycles. The van der Waals surface area contributed by atoms with Gasteiger partial charge >= 0.3 is 0 Å². The maximum atomic E-state index is 13.2. The van der Waals surface area contributed by atoms with Gasteiger partial charge < -0.3 is 5.73 Å². The lowest BCUT2D eigenvalue weighted by Crippen LogP contribution is -2.29. The number of nitrogens with zero attached hydrogens (tertiary/aromatic N) is 1. The number of rotatable bonds is 2. The number of benzene rings is 2. The Hall–Kier alpha value is -2.76. The first kappa shape index (κ1) is 13.2. The first-order valence-corrected chi connectivity index (χ1v) is 6.17. The molecule has 3 rings (SSSR count). The average Bonchev–Trinajstić information content (AvgIpc) is 2.67. The molecule has 2 aromatic carbocycles. The minimum atomic E-state index is -1.16. The highest BCUT2D eigenvalue weighted by atomic mass is 19.2. The number of nitrogens with two attached hydrogens (primary N) is 1. The van der Waals surface area contributed by atoms with Gasteiger partial charge in [0.2, 0.25) is 0 Å². The third-order valence-corrected chi connectivity index (χ3v) is 3.40. The Bertz CT molecular complexity index is 733. The van der Waals surface area contributed by atoms with Gasteiger partial charge in [0.1, 0.15) is 0 Å². The van der Waals surface area contributed by atoms with Crippen LogP contribution in [0.2, 0.25) is 0 Å². The molecule has 4 nitrogen and oxygen atoms in total. The lowest BCUT2D eigenvalue weighted by molar-refractivity contribution is 0.0642. The SMILES string of the molecule is Nc1ccccc1CN1C(=O)c2cc(F)c(F)cc2C1=O. The molecule has 21 heavy (non-hydrogen) atoms. The van der Waals surface area contributed by atoms with Crippen molar-refractivity contribution in [3.63, 3.8) is 0 Å². The van der Waals surface area contributed by atoms with Crippen molar-refractivity contribution < 1.29 is 18.4 Å².